The Hall–Kier alpha value is -0.830. The molecule has 1 aromatic heterocycles. The van der Waals surface area contributed by atoms with Crippen LogP contribution in [0.15, 0.2) is 12.5 Å². The van der Waals surface area contributed by atoms with Crippen molar-refractivity contribution in [2.24, 2.45) is 11.3 Å². The van der Waals surface area contributed by atoms with Crippen LogP contribution >= 0.6 is 0 Å². The molecule has 2 unspecified atom stereocenters. The van der Waals surface area contributed by atoms with Gasteiger partial charge in [0.2, 0.25) is 0 Å². The first-order valence-corrected chi connectivity index (χ1v) is 7.04. The molecule has 2 atom stereocenters. The molecule has 0 amide bonds. The monoisotopic (exact) mass is 251 g/mol. The van der Waals surface area contributed by atoms with Crippen LogP contribution in [0.5, 0.6) is 0 Å². The van der Waals surface area contributed by atoms with E-state index < -0.39 is 0 Å². The fourth-order valence-electron chi connectivity index (χ4n) is 3.09. The fraction of sp³-hybridized carbons (Fsp3) is 0.800. The van der Waals surface area contributed by atoms with Crippen molar-refractivity contribution in [3.63, 3.8) is 0 Å². The van der Waals surface area contributed by atoms with Gasteiger partial charge in [-0.05, 0) is 44.7 Å². The van der Waals surface area contributed by atoms with Gasteiger partial charge in [0, 0.05) is 12.2 Å². The summed E-state index contributed by atoms with van der Waals surface area (Å²) in [6.07, 6.45) is 6.52. The largest absolute Gasteiger partial charge is 0.334 e. The maximum atomic E-state index is 4.35. The van der Waals surface area contributed by atoms with Crippen LogP contribution in [-0.4, -0.2) is 23.1 Å². The molecule has 1 heterocycles. The molecule has 3 heteroatoms. The number of aryl methyl sites for hydroxylation is 1. The standard InChI is InChI=1S/C15H29N3/c1-7-14(18-9-13(3)17-11-18)12(2)8-15(4,5)10-16-6/h9,11-12,14,16H,7-8,10H2,1-6H3. The first-order valence-electron chi connectivity index (χ1n) is 7.04. The van der Waals surface area contributed by atoms with Gasteiger partial charge in [0.15, 0.2) is 0 Å². The maximum Gasteiger partial charge on any atom is 0.0951 e. The van der Waals surface area contributed by atoms with E-state index in [9.17, 15) is 0 Å². The molecule has 18 heavy (non-hydrogen) atoms. The molecule has 0 spiro atoms. The third-order valence-corrected chi connectivity index (χ3v) is 3.72. The van der Waals surface area contributed by atoms with Gasteiger partial charge in [0.25, 0.3) is 0 Å². The Kier molecular flexibility index (Phi) is 5.39. The lowest BCUT2D eigenvalue weighted by molar-refractivity contribution is 0.215. The van der Waals surface area contributed by atoms with E-state index in [2.05, 4.69) is 55.7 Å². The van der Waals surface area contributed by atoms with Gasteiger partial charge >= 0.3 is 0 Å². The zero-order valence-electron chi connectivity index (χ0n) is 12.8. The molecule has 0 saturated carbocycles. The minimum atomic E-state index is 0.344. The van der Waals surface area contributed by atoms with E-state index in [0.29, 0.717) is 17.4 Å². The van der Waals surface area contributed by atoms with Crippen LogP contribution in [0.2, 0.25) is 0 Å². The topological polar surface area (TPSA) is 29.9 Å². The number of hydrogen-bond donors (Lipinski definition) is 1. The Morgan fingerprint density at radius 3 is 2.56 bits per heavy atom. The van der Waals surface area contributed by atoms with Crippen molar-refractivity contribution in [1.29, 1.82) is 0 Å². The Balaban J connectivity index is 2.71. The van der Waals surface area contributed by atoms with E-state index in [-0.39, 0.29) is 0 Å². The third-order valence-electron chi connectivity index (χ3n) is 3.72. The van der Waals surface area contributed by atoms with Crippen molar-refractivity contribution in [3.05, 3.63) is 18.2 Å². The normalized spacial score (nSPS) is 15.7. The summed E-state index contributed by atoms with van der Waals surface area (Å²) in [5, 5.41) is 3.30. The number of nitrogens with zero attached hydrogens (tertiary/aromatic N) is 2. The Morgan fingerprint density at radius 1 is 1.44 bits per heavy atom. The van der Waals surface area contributed by atoms with Crippen LogP contribution in [0.3, 0.4) is 0 Å². The number of imidazole rings is 1. The Bertz CT molecular complexity index is 354. The van der Waals surface area contributed by atoms with Gasteiger partial charge in [0.05, 0.1) is 12.0 Å². The summed E-state index contributed by atoms with van der Waals surface area (Å²) in [4.78, 5) is 4.35. The first-order chi connectivity index (χ1) is 8.39. The van der Waals surface area contributed by atoms with E-state index in [0.717, 1.165) is 18.7 Å². The molecular formula is C15H29N3. The summed E-state index contributed by atoms with van der Waals surface area (Å²) < 4.78 is 2.29. The first kappa shape index (κ1) is 15.2. The number of aromatic nitrogens is 2. The second kappa shape index (κ2) is 6.37. The molecule has 0 bridgehead atoms. The van der Waals surface area contributed by atoms with E-state index in [4.69, 9.17) is 0 Å². The predicted molar refractivity (Wildman–Crippen MR) is 77.8 cm³/mol. The smallest absolute Gasteiger partial charge is 0.0951 e. The van der Waals surface area contributed by atoms with Crippen LogP contribution in [0.25, 0.3) is 0 Å². The fourth-order valence-corrected chi connectivity index (χ4v) is 3.09. The van der Waals surface area contributed by atoms with Gasteiger partial charge in [0.1, 0.15) is 0 Å². The average molecular weight is 251 g/mol. The number of nitrogens with one attached hydrogen (secondary N) is 1. The predicted octanol–water partition coefficient (Wildman–Crippen LogP) is 3.41. The van der Waals surface area contributed by atoms with Crippen molar-refractivity contribution >= 4 is 0 Å². The molecule has 0 saturated heterocycles. The second-order valence-corrected chi connectivity index (χ2v) is 6.31. The average Bonchev–Trinajstić information content (AvgIpc) is 2.64. The second-order valence-electron chi connectivity index (χ2n) is 6.31. The Morgan fingerprint density at radius 2 is 2.11 bits per heavy atom. The number of rotatable bonds is 7. The molecule has 0 aromatic carbocycles. The molecule has 0 aliphatic carbocycles. The summed E-state index contributed by atoms with van der Waals surface area (Å²) in [6.45, 7) is 12.4. The van der Waals surface area contributed by atoms with Crippen molar-refractivity contribution in [3.8, 4) is 0 Å². The van der Waals surface area contributed by atoms with Crippen LogP contribution in [-0.2, 0) is 0 Å². The van der Waals surface area contributed by atoms with E-state index in [1.807, 2.05) is 13.4 Å². The lowest BCUT2D eigenvalue weighted by Gasteiger charge is -2.32. The highest BCUT2D eigenvalue weighted by molar-refractivity contribution is 4.95. The van der Waals surface area contributed by atoms with Crippen molar-refractivity contribution in [2.45, 2.75) is 53.5 Å². The number of hydrogen-bond acceptors (Lipinski definition) is 2. The summed E-state index contributed by atoms with van der Waals surface area (Å²) in [7, 11) is 2.03. The highest BCUT2D eigenvalue weighted by Crippen LogP contribution is 2.32. The molecule has 104 valence electrons. The lowest BCUT2D eigenvalue weighted by atomic mass is 9.80. The van der Waals surface area contributed by atoms with Crippen LogP contribution in [0.4, 0.5) is 0 Å². The third kappa shape index (κ3) is 4.13. The van der Waals surface area contributed by atoms with Gasteiger partial charge in [-0.2, -0.15) is 0 Å². The molecular weight excluding hydrogens is 222 g/mol. The van der Waals surface area contributed by atoms with Crippen LogP contribution in [0.1, 0.15) is 52.3 Å². The van der Waals surface area contributed by atoms with Gasteiger partial charge in [-0.25, -0.2) is 4.98 Å². The zero-order chi connectivity index (χ0) is 13.8. The minimum absolute atomic E-state index is 0.344. The van der Waals surface area contributed by atoms with Gasteiger partial charge in [-0.3, -0.25) is 0 Å². The molecule has 0 aliphatic rings. The molecule has 0 aliphatic heterocycles. The highest BCUT2D eigenvalue weighted by Gasteiger charge is 2.25. The quantitative estimate of drug-likeness (QED) is 0.805. The summed E-state index contributed by atoms with van der Waals surface area (Å²) >= 11 is 0. The highest BCUT2D eigenvalue weighted by atomic mass is 15.1. The summed E-state index contributed by atoms with van der Waals surface area (Å²) in [5.41, 5.74) is 1.45. The van der Waals surface area contributed by atoms with Gasteiger partial charge < -0.3 is 9.88 Å². The molecule has 1 rings (SSSR count). The van der Waals surface area contributed by atoms with Gasteiger partial charge in [-0.15, -0.1) is 0 Å². The van der Waals surface area contributed by atoms with Crippen LogP contribution < -0.4 is 5.32 Å². The maximum absolute atomic E-state index is 4.35. The van der Waals surface area contributed by atoms with Crippen molar-refractivity contribution in [1.82, 2.24) is 14.9 Å². The zero-order valence-corrected chi connectivity index (χ0v) is 12.8. The molecule has 0 radical (unpaired) electrons. The molecule has 0 fully saturated rings. The van der Waals surface area contributed by atoms with Crippen molar-refractivity contribution in [2.75, 3.05) is 13.6 Å². The summed E-state index contributed by atoms with van der Waals surface area (Å²) in [6, 6.07) is 0.558. The van der Waals surface area contributed by atoms with E-state index >= 15 is 0 Å². The lowest BCUT2D eigenvalue weighted by Crippen LogP contribution is -2.30. The van der Waals surface area contributed by atoms with E-state index in [1.54, 1.807) is 0 Å². The summed E-state index contributed by atoms with van der Waals surface area (Å²) in [5.74, 6) is 0.659. The molecule has 1 N–H and O–H groups in total. The van der Waals surface area contributed by atoms with Gasteiger partial charge in [-0.1, -0.05) is 27.7 Å². The van der Waals surface area contributed by atoms with Crippen LogP contribution in [0, 0.1) is 18.3 Å². The minimum Gasteiger partial charge on any atom is -0.334 e. The molecule has 3 nitrogen and oxygen atoms in total. The SMILES string of the molecule is CCC(C(C)CC(C)(C)CNC)n1cnc(C)c1. The van der Waals surface area contributed by atoms with E-state index in [1.165, 1.54) is 6.42 Å². The Labute approximate surface area is 112 Å². The molecule has 1 aromatic rings. The van der Waals surface area contributed by atoms with Crippen molar-refractivity contribution < 1.29 is 0 Å².